The highest BCUT2D eigenvalue weighted by Crippen LogP contribution is 2.37. The molecule has 0 saturated carbocycles. The number of benzene rings is 1. The Labute approximate surface area is 115 Å². The first-order chi connectivity index (χ1) is 7.72. The molecule has 2 rings (SSSR count). The first kappa shape index (κ1) is 14.6. The van der Waals surface area contributed by atoms with Crippen molar-refractivity contribution >= 4 is 28.3 Å². The van der Waals surface area contributed by atoms with Crippen LogP contribution in [0.5, 0.6) is 11.5 Å². The second kappa shape index (κ2) is 6.44. The first-order valence-corrected chi connectivity index (χ1v) is 5.89. The second-order valence-electron chi connectivity index (χ2n) is 3.64. The fraction of sp³-hybridized carbons (Fsp3) is 0.455. The molecule has 0 bridgehead atoms. The molecule has 0 aromatic heterocycles. The second-order valence-corrected chi connectivity index (χ2v) is 4.49. The SMILES string of the molecule is COc1cc([C@H]2COCCN2)cc(Br)c1O.Cl. The van der Waals surface area contributed by atoms with Gasteiger partial charge in [-0.2, -0.15) is 0 Å². The molecule has 17 heavy (non-hydrogen) atoms. The van der Waals surface area contributed by atoms with E-state index in [1.165, 1.54) is 7.11 Å². The Morgan fingerprint density at radius 2 is 2.29 bits per heavy atom. The summed E-state index contributed by atoms with van der Waals surface area (Å²) in [7, 11) is 1.54. The zero-order valence-corrected chi connectivity index (χ0v) is 11.8. The van der Waals surface area contributed by atoms with E-state index in [0.717, 1.165) is 18.7 Å². The van der Waals surface area contributed by atoms with Gasteiger partial charge in [0.1, 0.15) is 0 Å². The van der Waals surface area contributed by atoms with Crippen LogP contribution < -0.4 is 10.1 Å². The van der Waals surface area contributed by atoms with Crippen LogP contribution in [0.1, 0.15) is 11.6 Å². The van der Waals surface area contributed by atoms with Gasteiger partial charge >= 0.3 is 0 Å². The quantitative estimate of drug-likeness (QED) is 0.876. The summed E-state index contributed by atoms with van der Waals surface area (Å²) in [5.41, 5.74) is 1.04. The number of ether oxygens (including phenoxy) is 2. The average molecular weight is 325 g/mol. The van der Waals surface area contributed by atoms with Crippen molar-refractivity contribution < 1.29 is 14.6 Å². The molecule has 0 unspecified atom stereocenters. The maximum atomic E-state index is 9.70. The van der Waals surface area contributed by atoms with Gasteiger partial charge in [0.2, 0.25) is 0 Å². The molecule has 2 N–H and O–H groups in total. The number of morpholine rings is 1. The van der Waals surface area contributed by atoms with Crippen LogP contribution in [0.25, 0.3) is 0 Å². The maximum Gasteiger partial charge on any atom is 0.172 e. The largest absolute Gasteiger partial charge is 0.503 e. The van der Waals surface area contributed by atoms with Gasteiger partial charge in [-0.25, -0.2) is 0 Å². The number of methoxy groups -OCH3 is 1. The number of nitrogens with one attached hydrogen (secondary N) is 1. The van der Waals surface area contributed by atoms with Gasteiger partial charge in [-0.15, -0.1) is 12.4 Å². The predicted molar refractivity (Wildman–Crippen MR) is 71.2 cm³/mol. The molecule has 1 aliphatic heterocycles. The molecule has 0 radical (unpaired) electrons. The average Bonchev–Trinajstić information content (AvgIpc) is 2.33. The molecule has 1 aliphatic rings. The fourth-order valence-corrected chi connectivity index (χ4v) is 2.19. The van der Waals surface area contributed by atoms with Gasteiger partial charge in [-0.05, 0) is 33.6 Å². The molecule has 4 nitrogen and oxygen atoms in total. The van der Waals surface area contributed by atoms with E-state index >= 15 is 0 Å². The van der Waals surface area contributed by atoms with Crippen LogP contribution in [0.15, 0.2) is 16.6 Å². The van der Waals surface area contributed by atoms with Crippen LogP contribution in [0.4, 0.5) is 0 Å². The van der Waals surface area contributed by atoms with Crippen molar-refractivity contribution in [3.05, 3.63) is 22.2 Å². The third-order valence-corrected chi connectivity index (χ3v) is 3.20. The Kier molecular flexibility index (Phi) is 5.52. The highest BCUT2D eigenvalue weighted by atomic mass is 79.9. The number of halogens is 2. The van der Waals surface area contributed by atoms with Gasteiger partial charge in [0.15, 0.2) is 11.5 Å². The number of phenolic OH excluding ortho intramolecular Hbond substituents is 1. The Morgan fingerprint density at radius 3 is 2.88 bits per heavy atom. The molecule has 1 heterocycles. The molecule has 1 fully saturated rings. The molecule has 0 amide bonds. The van der Waals surface area contributed by atoms with Gasteiger partial charge in [0, 0.05) is 6.54 Å². The summed E-state index contributed by atoms with van der Waals surface area (Å²) in [6.07, 6.45) is 0. The Morgan fingerprint density at radius 1 is 1.53 bits per heavy atom. The number of aromatic hydroxyl groups is 1. The van der Waals surface area contributed by atoms with E-state index in [1.807, 2.05) is 12.1 Å². The van der Waals surface area contributed by atoms with E-state index in [2.05, 4.69) is 21.2 Å². The maximum absolute atomic E-state index is 9.70. The van der Waals surface area contributed by atoms with Crippen molar-refractivity contribution in [3.8, 4) is 11.5 Å². The lowest BCUT2D eigenvalue weighted by Gasteiger charge is -2.24. The van der Waals surface area contributed by atoms with Crippen LogP contribution in [0.2, 0.25) is 0 Å². The summed E-state index contributed by atoms with van der Waals surface area (Å²) in [5.74, 6) is 0.597. The van der Waals surface area contributed by atoms with Crippen molar-refractivity contribution in [2.24, 2.45) is 0 Å². The van der Waals surface area contributed by atoms with Crippen LogP contribution in [0.3, 0.4) is 0 Å². The topological polar surface area (TPSA) is 50.7 Å². The molecular weight excluding hydrogens is 309 g/mol. The molecule has 1 atom stereocenters. The van der Waals surface area contributed by atoms with Crippen molar-refractivity contribution in [1.82, 2.24) is 5.32 Å². The summed E-state index contributed by atoms with van der Waals surface area (Å²) in [6.45, 7) is 2.22. The highest BCUT2D eigenvalue weighted by molar-refractivity contribution is 9.10. The highest BCUT2D eigenvalue weighted by Gasteiger charge is 2.18. The van der Waals surface area contributed by atoms with E-state index in [9.17, 15) is 5.11 Å². The van der Waals surface area contributed by atoms with Crippen LogP contribution in [-0.2, 0) is 4.74 Å². The van der Waals surface area contributed by atoms with E-state index in [1.54, 1.807) is 0 Å². The number of phenols is 1. The monoisotopic (exact) mass is 323 g/mol. The van der Waals surface area contributed by atoms with E-state index in [-0.39, 0.29) is 24.2 Å². The van der Waals surface area contributed by atoms with Crippen molar-refractivity contribution in [2.45, 2.75) is 6.04 Å². The minimum Gasteiger partial charge on any atom is -0.503 e. The molecule has 6 heteroatoms. The standard InChI is InChI=1S/C11H14BrNO3.ClH/c1-15-10-5-7(4-8(12)11(10)14)9-6-16-3-2-13-9;/h4-5,9,13-14H,2-3,6H2,1H3;1H/t9-;/m1./s1. The summed E-state index contributed by atoms with van der Waals surface area (Å²) in [5, 5.41) is 13.0. The Hall–Kier alpha value is -0.490. The third kappa shape index (κ3) is 3.25. The normalized spacial score (nSPS) is 19.5. The minimum atomic E-state index is 0. The number of hydrogen-bond donors (Lipinski definition) is 2. The van der Waals surface area contributed by atoms with Crippen LogP contribution >= 0.6 is 28.3 Å². The molecule has 0 aliphatic carbocycles. The van der Waals surface area contributed by atoms with E-state index in [0.29, 0.717) is 16.8 Å². The lowest BCUT2D eigenvalue weighted by Crippen LogP contribution is -2.34. The summed E-state index contributed by atoms with van der Waals surface area (Å²) >= 11 is 3.31. The van der Waals surface area contributed by atoms with Crippen LogP contribution in [-0.4, -0.2) is 32.0 Å². The predicted octanol–water partition coefficient (Wildman–Crippen LogP) is 2.25. The molecule has 96 valence electrons. The van der Waals surface area contributed by atoms with Crippen molar-refractivity contribution in [2.75, 3.05) is 26.9 Å². The van der Waals surface area contributed by atoms with E-state index < -0.39 is 0 Å². The number of hydrogen-bond acceptors (Lipinski definition) is 4. The lowest BCUT2D eigenvalue weighted by molar-refractivity contribution is 0.0768. The van der Waals surface area contributed by atoms with Crippen LogP contribution in [0, 0.1) is 0 Å². The van der Waals surface area contributed by atoms with Gasteiger partial charge in [-0.3, -0.25) is 0 Å². The van der Waals surface area contributed by atoms with Gasteiger partial charge in [0.25, 0.3) is 0 Å². The van der Waals surface area contributed by atoms with Gasteiger partial charge in [-0.1, -0.05) is 0 Å². The fourth-order valence-electron chi connectivity index (χ4n) is 1.73. The van der Waals surface area contributed by atoms with Gasteiger partial charge < -0.3 is 19.9 Å². The molecule has 1 aromatic carbocycles. The number of rotatable bonds is 2. The third-order valence-electron chi connectivity index (χ3n) is 2.59. The summed E-state index contributed by atoms with van der Waals surface area (Å²) in [6, 6.07) is 3.86. The molecule has 1 saturated heterocycles. The minimum absolute atomic E-state index is 0. The molecule has 1 aromatic rings. The van der Waals surface area contributed by atoms with Gasteiger partial charge in [0.05, 0.1) is 30.8 Å². The van der Waals surface area contributed by atoms with Crippen molar-refractivity contribution in [3.63, 3.8) is 0 Å². The summed E-state index contributed by atoms with van der Waals surface area (Å²) in [4.78, 5) is 0. The lowest BCUT2D eigenvalue weighted by atomic mass is 10.1. The first-order valence-electron chi connectivity index (χ1n) is 5.10. The molecular formula is C11H15BrClNO3. The zero-order valence-electron chi connectivity index (χ0n) is 9.40. The zero-order chi connectivity index (χ0) is 11.5. The Balaban J connectivity index is 0.00000144. The van der Waals surface area contributed by atoms with Crippen molar-refractivity contribution in [1.29, 1.82) is 0 Å². The Bertz CT molecular complexity index is 383. The smallest absolute Gasteiger partial charge is 0.172 e. The molecule has 0 spiro atoms. The summed E-state index contributed by atoms with van der Waals surface area (Å²) < 4.78 is 11.1. The van der Waals surface area contributed by atoms with E-state index in [4.69, 9.17) is 9.47 Å².